The van der Waals surface area contributed by atoms with Crippen LogP contribution in [0.1, 0.15) is 30.0 Å². The van der Waals surface area contributed by atoms with Crippen molar-refractivity contribution in [1.29, 1.82) is 0 Å². The van der Waals surface area contributed by atoms with Crippen molar-refractivity contribution >= 4 is 33.7 Å². The maximum absolute atomic E-state index is 11.3. The van der Waals surface area contributed by atoms with Gasteiger partial charge in [0.15, 0.2) is 0 Å². The minimum atomic E-state index is -0.663. The number of aliphatic carboxylic acids is 1. The zero-order chi connectivity index (χ0) is 17.8. The summed E-state index contributed by atoms with van der Waals surface area (Å²) in [5.41, 5.74) is 2.50. The fraction of sp³-hybridized carbons (Fsp3) is 0.350. The quantitative estimate of drug-likeness (QED) is 0.687. The van der Waals surface area contributed by atoms with E-state index in [0.29, 0.717) is 12.8 Å². The van der Waals surface area contributed by atoms with Crippen LogP contribution in [0.4, 0.5) is 0 Å². The molecule has 1 fully saturated rings. The summed E-state index contributed by atoms with van der Waals surface area (Å²) in [5, 5.41) is 9.26. The van der Waals surface area contributed by atoms with Gasteiger partial charge in [0, 0.05) is 9.37 Å². The SMILES string of the molecule is CSc1ccc(C(c2ccc(Br)cc2)N2CCC(C(=O)O)CC2)cc1. The average molecular weight is 420 g/mol. The lowest BCUT2D eigenvalue weighted by atomic mass is 9.91. The number of halogens is 1. The summed E-state index contributed by atoms with van der Waals surface area (Å²) in [4.78, 5) is 14.9. The van der Waals surface area contributed by atoms with Crippen LogP contribution in [0.3, 0.4) is 0 Å². The maximum atomic E-state index is 11.3. The Morgan fingerprint density at radius 3 is 2.08 bits per heavy atom. The van der Waals surface area contributed by atoms with Crippen LogP contribution >= 0.6 is 27.7 Å². The van der Waals surface area contributed by atoms with E-state index >= 15 is 0 Å². The highest BCUT2D eigenvalue weighted by atomic mass is 79.9. The topological polar surface area (TPSA) is 40.5 Å². The van der Waals surface area contributed by atoms with Gasteiger partial charge in [-0.15, -0.1) is 11.8 Å². The molecule has 0 bridgehead atoms. The minimum absolute atomic E-state index is 0.166. The van der Waals surface area contributed by atoms with Gasteiger partial charge in [0.25, 0.3) is 0 Å². The normalized spacial score (nSPS) is 17.4. The van der Waals surface area contributed by atoms with Crippen molar-refractivity contribution < 1.29 is 9.90 Å². The summed E-state index contributed by atoms with van der Waals surface area (Å²) in [6.45, 7) is 1.62. The highest BCUT2D eigenvalue weighted by Crippen LogP contribution is 2.33. The Labute approximate surface area is 161 Å². The smallest absolute Gasteiger partial charge is 0.306 e. The van der Waals surface area contributed by atoms with Crippen LogP contribution in [0.5, 0.6) is 0 Å². The van der Waals surface area contributed by atoms with Crippen molar-refractivity contribution in [3.63, 3.8) is 0 Å². The number of benzene rings is 2. The molecule has 2 aromatic carbocycles. The molecule has 0 aromatic heterocycles. The Bertz CT molecular complexity index is 709. The predicted molar refractivity (Wildman–Crippen MR) is 106 cm³/mol. The molecule has 0 amide bonds. The Morgan fingerprint density at radius 1 is 1.08 bits per heavy atom. The van der Waals surface area contributed by atoms with E-state index in [9.17, 15) is 9.90 Å². The Morgan fingerprint density at radius 2 is 1.60 bits per heavy atom. The number of piperidine rings is 1. The Kier molecular flexibility index (Phi) is 6.20. The molecule has 0 radical (unpaired) electrons. The van der Waals surface area contributed by atoms with E-state index in [-0.39, 0.29) is 12.0 Å². The first-order valence-corrected chi connectivity index (χ1v) is 10.5. The molecule has 5 heteroatoms. The first-order valence-electron chi connectivity index (χ1n) is 8.44. The van der Waals surface area contributed by atoms with Crippen molar-refractivity contribution in [3.05, 3.63) is 64.1 Å². The molecule has 1 heterocycles. The fourth-order valence-electron chi connectivity index (χ4n) is 3.45. The molecule has 3 nitrogen and oxygen atoms in total. The molecular weight excluding hydrogens is 398 g/mol. The van der Waals surface area contributed by atoms with Gasteiger partial charge < -0.3 is 5.11 Å². The molecule has 0 saturated carbocycles. The second-order valence-electron chi connectivity index (χ2n) is 6.38. The van der Waals surface area contributed by atoms with Gasteiger partial charge in [-0.2, -0.15) is 0 Å². The van der Waals surface area contributed by atoms with Gasteiger partial charge in [0.1, 0.15) is 0 Å². The van der Waals surface area contributed by atoms with Crippen LogP contribution in [-0.4, -0.2) is 35.3 Å². The molecular formula is C20H22BrNO2S. The van der Waals surface area contributed by atoms with Crippen molar-refractivity contribution in [3.8, 4) is 0 Å². The van der Waals surface area contributed by atoms with E-state index in [0.717, 1.165) is 17.6 Å². The average Bonchev–Trinajstić information content (AvgIpc) is 2.64. The Balaban J connectivity index is 1.89. The van der Waals surface area contributed by atoms with Gasteiger partial charge in [-0.25, -0.2) is 0 Å². The summed E-state index contributed by atoms with van der Waals surface area (Å²) >= 11 is 5.25. The van der Waals surface area contributed by atoms with Gasteiger partial charge in [-0.1, -0.05) is 40.2 Å². The van der Waals surface area contributed by atoms with Crippen molar-refractivity contribution in [2.75, 3.05) is 19.3 Å². The van der Waals surface area contributed by atoms with Crippen molar-refractivity contribution in [2.45, 2.75) is 23.8 Å². The van der Waals surface area contributed by atoms with Crippen LogP contribution < -0.4 is 0 Å². The molecule has 2 aromatic rings. The van der Waals surface area contributed by atoms with E-state index in [4.69, 9.17) is 0 Å². The van der Waals surface area contributed by atoms with E-state index in [1.807, 2.05) is 0 Å². The largest absolute Gasteiger partial charge is 0.481 e. The van der Waals surface area contributed by atoms with Crippen LogP contribution in [-0.2, 0) is 4.79 Å². The number of carbonyl (C=O) groups is 1. The first kappa shape index (κ1) is 18.5. The monoisotopic (exact) mass is 419 g/mol. The van der Waals surface area contributed by atoms with Crippen molar-refractivity contribution in [2.24, 2.45) is 5.92 Å². The van der Waals surface area contributed by atoms with Gasteiger partial charge in [-0.3, -0.25) is 9.69 Å². The number of thioether (sulfide) groups is 1. The van der Waals surface area contributed by atoms with E-state index in [2.05, 4.69) is 75.6 Å². The molecule has 1 aliphatic heterocycles. The number of nitrogens with zero attached hydrogens (tertiary/aromatic N) is 1. The zero-order valence-electron chi connectivity index (χ0n) is 14.2. The first-order chi connectivity index (χ1) is 12.1. The molecule has 3 rings (SSSR count). The molecule has 1 atom stereocenters. The van der Waals surface area contributed by atoms with Crippen LogP contribution in [0.15, 0.2) is 57.9 Å². The van der Waals surface area contributed by atoms with E-state index < -0.39 is 5.97 Å². The van der Waals surface area contributed by atoms with Crippen LogP contribution in [0.25, 0.3) is 0 Å². The Hall–Kier alpha value is -1.30. The van der Waals surface area contributed by atoms with Crippen LogP contribution in [0.2, 0.25) is 0 Å². The lowest BCUT2D eigenvalue weighted by molar-refractivity contribution is -0.143. The second kappa shape index (κ2) is 8.39. The lowest BCUT2D eigenvalue weighted by Gasteiger charge is -2.37. The van der Waals surface area contributed by atoms with Crippen LogP contribution in [0, 0.1) is 5.92 Å². The van der Waals surface area contributed by atoms with Gasteiger partial charge in [0.05, 0.1) is 12.0 Å². The molecule has 1 aliphatic rings. The summed E-state index contributed by atoms with van der Waals surface area (Å²) in [7, 11) is 0. The van der Waals surface area contributed by atoms with Gasteiger partial charge in [0.2, 0.25) is 0 Å². The van der Waals surface area contributed by atoms with Crippen molar-refractivity contribution in [1.82, 2.24) is 4.90 Å². The standard InChI is InChI=1S/C20H22BrNO2S/c1-25-18-8-4-15(5-9-18)19(14-2-6-17(21)7-3-14)22-12-10-16(11-13-22)20(23)24/h2-9,16,19H,10-13H2,1H3,(H,23,24). The fourth-order valence-corrected chi connectivity index (χ4v) is 4.12. The van der Waals surface area contributed by atoms with E-state index in [1.54, 1.807) is 11.8 Å². The number of carboxylic acid groups (broad SMARTS) is 1. The summed E-state index contributed by atoms with van der Waals surface area (Å²) in [5.74, 6) is -0.871. The predicted octanol–water partition coefficient (Wildman–Crippen LogP) is 5.06. The maximum Gasteiger partial charge on any atom is 0.306 e. The number of likely N-dealkylation sites (tertiary alicyclic amines) is 1. The summed E-state index contributed by atoms with van der Waals surface area (Å²) in [6, 6.07) is 17.3. The number of hydrogen-bond donors (Lipinski definition) is 1. The molecule has 0 spiro atoms. The summed E-state index contributed by atoms with van der Waals surface area (Å²) in [6.07, 6.45) is 3.51. The molecule has 25 heavy (non-hydrogen) atoms. The minimum Gasteiger partial charge on any atom is -0.481 e. The summed E-state index contributed by atoms with van der Waals surface area (Å²) < 4.78 is 1.07. The lowest BCUT2D eigenvalue weighted by Crippen LogP contribution is -2.39. The second-order valence-corrected chi connectivity index (χ2v) is 8.17. The molecule has 1 saturated heterocycles. The number of carboxylic acids is 1. The third-order valence-corrected chi connectivity index (χ3v) is 6.13. The molecule has 0 aliphatic carbocycles. The molecule has 1 unspecified atom stereocenters. The van der Waals surface area contributed by atoms with Gasteiger partial charge >= 0.3 is 5.97 Å². The van der Waals surface area contributed by atoms with E-state index in [1.165, 1.54) is 16.0 Å². The number of hydrogen-bond acceptors (Lipinski definition) is 3. The third kappa shape index (κ3) is 4.46. The highest BCUT2D eigenvalue weighted by Gasteiger charge is 2.30. The van der Waals surface area contributed by atoms with Gasteiger partial charge in [-0.05, 0) is 67.6 Å². The third-order valence-electron chi connectivity index (χ3n) is 4.86. The highest BCUT2D eigenvalue weighted by molar-refractivity contribution is 9.10. The number of rotatable bonds is 5. The zero-order valence-corrected chi connectivity index (χ0v) is 16.6. The molecule has 132 valence electrons. The molecule has 1 N–H and O–H groups in total.